The lowest BCUT2D eigenvalue weighted by Gasteiger charge is -2.35. The van der Waals surface area contributed by atoms with Gasteiger partial charge in [0.15, 0.2) is 0 Å². The monoisotopic (exact) mass is 391 g/mol. The van der Waals surface area contributed by atoms with Gasteiger partial charge in [0.25, 0.3) is 5.91 Å². The highest BCUT2D eigenvalue weighted by Gasteiger charge is 2.31. The molecule has 1 aliphatic rings. The Morgan fingerprint density at radius 3 is 2.50 bits per heavy atom. The first-order valence-electron chi connectivity index (χ1n) is 9.56. The quantitative estimate of drug-likeness (QED) is 0.792. The first-order chi connectivity index (χ1) is 12.9. The molecule has 28 heavy (non-hydrogen) atoms. The van der Waals surface area contributed by atoms with Gasteiger partial charge in [-0.05, 0) is 39.0 Å². The zero-order chi connectivity index (χ0) is 21.2. The van der Waals surface area contributed by atoms with Crippen LogP contribution < -0.4 is 9.64 Å². The second-order valence-corrected chi connectivity index (χ2v) is 8.76. The predicted octanol–water partition coefficient (Wildman–Crippen LogP) is 3.09. The van der Waals surface area contributed by atoms with Gasteiger partial charge in [-0.15, -0.1) is 0 Å². The fraction of sp³-hybridized carbons (Fsp3) is 0.619. The maximum absolute atomic E-state index is 12.8. The normalized spacial score (nSPS) is 19.9. The lowest BCUT2D eigenvalue weighted by atomic mass is 10.0. The van der Waals surface area contributed by atoms with Crippen LogP contribution in [0.25, 0.3) is 0 Å². The van der Waals surface area contributed by atoms with Crippen LogP contribution in [0, 0.1) is 5.92 Å². The molecule has 0 aromatic heterocycles. The minimum absolute atomic E-state index is 0.0421. The Morgan fingerprint density at radius 2 is 1.93 bits per heavy atom. The van der Waals surface area contributed by atoms with Gasteiger partial charge in [-0.2, -0.15) is 0 Å². The number of hydrogen-bond acceptors (Lipinski definition) is 5. The summed E-state index contributed by atoms with van der Waals surface area (Å²) in [5.41, 5.74) is 0.909. The third kappa shape index (κ3) is 5.30. The minimum Gasteiger partial charge on any atom is -0.487 e. The summed E-state index contributed by atoms with van der Waals surface area (Å²) < 4.78 is 11.7. The van der Waals surface area contributed by atoms with Gasteiger partial charge in [-0.1, -0.05) is 6.92 Å². The van der Waals surface area contributed by atoms with E-state index in [2.05, 4.69) is 0 Å². The van der Waals surface area contributed by atoms with Crippen molar-refractivity contribution in [2.75, 3.05) is 46.2 Å². The second-order valence-electron chi connectivity index (χ2n) is 8.76. The molecule has 1 aliphatic heterocycles. The molecule has 2 atom stereocenters. The molecule has 0 fully saturated rings. The van der Waals surface area contributed by atoms with E-state index in [0.29, 0.717) is 24.4 Å². The minimum atomic E-state index is -0.555. The van der Waals surface area contributed by atoms with Crippen molar-refractivity contribution in [3.05, 3.63) is 23.8 Å². The van der Waals surface area contributed by atoms with Crippen molar-refractivity contribution in [2.45, 2.75) is 39.4 Å². The van der Waals surface area contributed by atoms with Crippen LogP contribution >= 0.6 is 0 Å². The van der Waals surface area contributed by atoms with E-state index in [9.17, 15) is 9.59 Å². The van der Waals surface area contributed by atoms with Crippen LogP contribution in [-0.2, 0) is 4.74 Å². The van der Waals surface area contributed by atoms with Crippen molar-refractivity contribution in [1.82, 2.24) is 9.80 Å². The maximum atomic E-state index is 12.8. The van der Waals surface area contributed by atoms with E-state index in [1.54, 1.807) is 19.0 Å². The van der Waals surface area contributed by atoms with E-state index < -0.39 is 11.7 Å². The van der Waals surface area contributed by atoms with Crippen LogP contribution in [0.4, 0.5) is 10.5 Å². The van der Waals surface area contributed by atoms with Crippen LogP contribution in [-0.4, -0.2) is 74.8 Å². The largest absolute Gasteiger partial charge is 0.487 e. The van der Waals surface area contributed by atoms with E-state index in [-0.39, 0.29) is 17.9 Å². The number of likely N-dealkylation sites (N-methyl/N-ethyl adjacent to an activating group) is 1. The highest BCUT2D eigenvalue weighted by atomic mass is 16.6. The standard InChI is InChI=1S/C21H33N3O4/c1-14-12-23(7)19(25)16-11-15(22(5)6)9-10-17(16)27-18(14)13-24(8)20(26)28-21(2,3)4/h9-11,14,18H,12-13H2,1-8H3/t14-,18+/m0/s1. The van der Waals surface area contributed by atoms with Gasteiger partial charge >= 0.3 is 6.09 Å². The van der Waals surface area contributed by atoms with Gasteiger partial charge in [0.2, 0.25) is 0 Å². The molecule has 156 valence electrons. The molecule has 0 spiro atoms. The lowest BCUT2D eigenvalue weighted by Crippen LogP contribution is -2.47. The molecule has 1 aromatic carbocycles. The first-order valence-corrected chi connectivity index (χ1v) is 9.56. The fourth-order valence-electron chi connectivity index (χ4n) is 3.08. The Kier molecular flexibility index (Phi) is 6.47. The molecule has 0 N–H and O–H groups in total. The highest BCUT2D eigenvalue weighted by Crippen LogP contribution is 2.30. The molecule has 2 rings (SSSR count). The Labute approximate surface area is 168 Å². The van der Waals surface area contributed by atoms with Crippen molar-refractivity contribution >= 4 is 17.7 Å². The van der Waals surface area contributed by atoms with E-state index in [1.807, 2.05) is 64.9 Å². The molecule has 0 radical (unpaired) electrons. The Balaban J connectivity index is 2.28. The van der Waals surface area contributed by atoms with Crippen molar-refractivity contribution in [1.29, 1.82) is 0 Å². The Morgan fingerprint density at radius 1 is 1.29 bits per heavy atom. The number of rotatable bonds is 3. The number of amides is 2. The number of nitrogens with zero attached hydrogens (tertiary/aromatic N) is 3. The van der Waals surface area contributed by atoms with Crippen LogP contribution in [0.5, 0.6) is 5.75 Å². The summed E-state index contributed by atoms with van der Waals surface area (Å²) in [7, 11) is 7.36. The summed E-state index contributed by atoms with van der Waals surface area (Å²) in [6.45, 7) is 8.45. The molecule has 7 heteroatoms. The van der Waals surface area contributed by atoms with Crippen LogP contribution in [0.3, 0.4) is 0 Å². The summed E-state index contributed by atoms with van der Waals surface area (Å²) >= 11 is 0. The second kappa shape index (κ2) is 8.29. The van der Waals surface area contributed by atoms with Crippen molar-refractivity contribution in [3.8, 4) is 5.75 Å². The zero-order valence-electron chi connectivity index (χ0n) is 18.3. The topological polar surface area (TPSA) is 62.3 Å². The Hall–Kier alpha value is -2.44. The number of carbonyl (C=O) groups is 2. The van der Waals surface area contributed by atoms with Crippen molar-refractivity contribution < 1.29 is 19.1 Å². The van der Waals surface area contributed by atoms with Gasteiger partial charge in [0.05, 0.1) is 12.1 Å². The smallest absolute Gasteiger partial charge is 0.410 e. The summed E-state index contributed by atoms with van der Waals surface area (Å²) in [6, 6.07) is 5.60. The summed E-state index contributed by atoms with van der Waals surface area (Å²) in [4.78, 5) is 30.4. The molecule has 0 saturated heterocycles. The van der Waals surface area contributed by atoms with E-state index >= 15 is 0 Å². The zero-order valence-corrected chi connectivity index (χ0v) is 18.3. The molecular formula is C21H33N3O4. The number of fused-ring (bicyclic) bond motifs is 1. The molecule has 0 saturated carbocycles. The number of ether oxygens (including phenoxy) is 2. The van der Waals surface area contributed by atoms with Crippen molar-refractivity contribution in [3.63, 3.8) is 0 Å². The number of benzene rings is 1. The highest BCUT2D eigenvalue weighted by molar-refractivity contribution is 5.98. The summed E-state index contributed by atoms with van der Waals surface area (Å²) in [5.74, 6) is 0.515. The van der Waals surface area contributed by atoms with Gasteiger partial charge in [-0.3, -0.25) is 4.79 Å². The molecule has 1 heterocycles. The van der Waals surface area contributed by atoms with Crippen LogP contribution in [0.1, 0.15) is 38.1 Å². The van der Waals surface area contributed by atoms with Crippen LogP contribution in [0.15, 0.2) is 18.2 Å². The molecule has 0 aliphatic carbocycles. The van der Waals surface area contributed by atoms with Gasteiger partial charge in [-0.25, -0.2) is 4.79 Å². The lowest BCUT2D eigenvalue weighted by molar-refractivity contribution is 0.0150. The summed E-state index contributed by atoms with van der Waals surface area (Å²) in [6.07, 6.45) is -0.657. The molecule has 0 bridgehead atoms. The third-order valence-electron chi connectivity index (χ3n) is 4.69. The van der Waals surface area contributed by atoms with E-state index in [0.717, 1.165) is 5.69 Å². The molecule has 2 amide bonds. The van der Waals surface area contributed by atoms with E-state index in [1.165, 1.54) is 4.90 Å². The van der Waals surface area contributed by atoms with E-state index in [4.69, 9.17) is 9.47 Å². The molecular weight excluding hydrogens is 358 g/mol. The average molecular weight is 392 g/mol. The SMILES string of the molecule is C[C@H]1CN(C)C(=O)c2cc(N(C)C)ccc2O[C@@H]1CN(C)C(=O)OC(C)(C)C. The maximum Gasteiger partial charge on any atom is 0.410 e. The third-order valence-corrected chi connectivity index (χ3v) is 4.69. The first kappa shape index (κ1) is 21.9. The Bertz CT molecular complexity index is 727. The van der Waals surface area contributed by atoms with Crippen LogP contribution in [0.2, 0.25) is 0 Å². The summed E-state index contributed by atoms with van der Waals surface area (Å²) in [5, 5.41) is 0. The van der Waals surface area contributed by atoms with Gasteiger partial charge in [0, 0.05) is 46.3 Å². The molecule has 7 nitrogen and oxygen atoms in total. The van der Waals surface area contributed by atoms with Gasteiger partial charge in [0.1, 0.15) is 17.5 Å². The molecule has 0 unspecified atom stereocenters. The fourth-order valence-corrected chi connectivity index (χ4v) is 3.08. The van der Waals surface area contributed by atoms with Gasteiger partial charge < -0.3 is 24.2 Å². The predicted molar refractivity (Wildman–Crippen MR) is 110 cm³/mol. The number of anilines is 1. The number of hydrogen-bond donors (Lipinski definition) is 0. The van der Waals surface area contributed by atoms with Crippen molar-refractivity contribution in [2.24, 2.45) is 5.92 Å². The number of carbonyl (C=O) groups excluding carboxylic acids is 2. The average Bonchev–Trinajstić information content (AvgIpc) is 2.58. The molecule has 1 aromatic rings.